The van der Waals surface area contributed by atoms with Crippen molar-refractivity contribution in [2.45, 2.75) is 18.6 Å². The van der Waals surface area contributed by atoms with Crippen LogP contribution >= 0.6 is 27.5 Å². The van der Waals surface area contributed by atoms with Gasteiger partial charge in [-0.1, -0.05) is 11.6 Å². The van der Waals surface area contributed by atoms with Gasteiger partial charge in [0, 0.05) is 10.2 Å². The maximum atomic E-state index is 12.7. The number of rotatable bonds is 3. The Morgan fingerprint density at radius 1 is 1.41 bits per heavy atom. The summed E-state index contributed by atoms with van der Waals surface area (Å²) in [5.74, 6) is 0. The Bertz CT molecular complexity index is 413. The molecule has 0 radical (unpaired) electrons. The molecule has 1 rings (SSSR count). The van der Waals surface area contributed by atoms with Crippen molar-refractivity contribution in [3.05, 3.63) is 27.7 Å². The van der Waals surface area contributed by atoms with Crippen LogP contribution < -0.4 is 5.32 Å². The molecule has 0 spiro atoms. The van der Waals surface area contributed by atoms with Crippen LogP contribution in [0.4, 0.5) is 18.9 Å². The summed E-state index contributed by atoms with van der Waals surface area (Å²) in [4.78, 5) is 0. The Balaban J connectivity index is 2.99. The van der Waals surface area contributed by atoms with Crippen molar-refractivity contribution < 1.29 is 18.3 Å². The predicted molar refractivity (Wildman–Crippen MR) is 64.3 cm³/mol. The van der Waals surface area contributed by atoms with Gasteiger partial charge in [-0.3, -0.25) is 0 Å². The van der Waals surface area contributed by atoms with Gasteiger partial charge in [0.25, 0.3) is 0 Å². The van der Waals surface area contributed by atoms with Crippen molar-refractivity contribution in [1.29, 1.82) is 0 Å². The lowest BCUT2D eigenvalue weighted by Gasteiger charge is -2.32. The molecular weight excluding hydrogens is 322 g/mol. The van der Waals surface area contributed by atoms with E-state index in [4.69, 9.17) is 16.7 Å². The molecule has 0 amide bonds. The maximum Gasteiger partial charge on any atom is 0.413 e. The van der Waals surface area contributed by atoms with Crippen LogP contribution in [0.2, 0.25) is 5.02 Å². The molecule has 0 bridgehead atoms. The largest absolute Gasteiger partial charge is 0.413 e. The zero-order valence-electron chi connectivity index (χ0n) is 8.78. The van der Waals surface area contributed by atoms with Crippen LogP contribution in [-0.4, -0.2) is 23.4 Å². The van der Waals surface area contributed by atoms with E-state index >= 15 is 0 Å². The topological polar surface area (TPSA) is 32.3 Å². The van der Waals surface area contributed by atoms with Crippen LogP contribution in [-0.2, 0) is 0 Å². The highest BCUT2D eigenvalue weighted by Crippen LogP contribution is 2.34. The van der Waals surface area contributed by atoms with E-state index in [0.717, 1.165) is 6.92 Å². The number of halogens is 5. The molecule has 0 fully saturated rings. The van der Waals surface area contributed by atoms with Crippen LogP contribution in [0.5, 0.6) is 0 Å². The first-order chi connectivity index (χ1) is 7.69. The van der Waals surface area contributed by atoms with Crippen molar-refractivity contribution in [2.24, 2.45) is 0 Å². The molecule has 0 saturated heterocycles. The Morgan fingerprint density at radius 3 is 2.41 bits per heavy atom. The molecule has 96 valence electrons. The van der Waals surface area contributed by atoms with E-state index in [1.54, 1.807) is 0 Å². The summed E-state index contributed by atoms with van der Waals surface area (Å²) in [6.45, 7) is -0.174. The Morgan fingerprint density at radius 2 is 2.00 bits per heavy atom. The van der Waals surface area contributed by atoms with Gasteiger partial charge in [0.2, 0.25) is 0 Å². The third-order valence-corrected chi connectivity index (χ3v) is 3.50. The molecule has 1 aromatic carbocycles. The van der Waals surface area contributed by atoms with Gasteiger partial charge >= 0.3 is 6.18 Å². The number of benzene rings is 1. The van der Waals surface area contributed by atoms with E-state index in [1.165, 1.54) is 18.2 Å². The van der Waals surface area contributed by atoms with E-state index in [1.807, 2.05) is 0 Å². The molecule has 0 aliphatic heterocycles. The number of nitrogens with one attached hydrogen (secondary N) is 1. The lowest BCUT2D eigenvalue weighted by Crippen LogP contribution is -2.52. The van der Waals surface area contributed by atoms with Gasteiger partial charge in [-0.2, -0.15) is 13.2 Å². The molecule has 2 N–H and O–H groups in total. The highest BCUT2D eigenvalue weighted by atomic mass is 79.9. The lowest BCUT2D eigenvalue weighted by atomic mass is 10.0. The summed E-state index contributed by atoms with van der Waals surface area (Å²) >= 11 is 8.84. The quantitative estimate of drug-likeness (QED) is 0.882. The monoisotopic (exact) mass is 331 g/mol. The van der Waals surface area contributed by atoms with Gasteiger partial charge in [0.15, 0.2) is 5.54 Å². The summed E-state index contributed by atoms with van der Waals surface area (Å²) in [5.41, 5.74) is -2.17. The van der Waals surface area contributed by atoms with Crippen LogP contribution in [0, 0.1) is 0 Å². The summed E-state index contributed by atoms with van der Waals surface area (Å²) < 4.78 is 38.6. The van der Waals surface area contributed by atoms with Gasteiger partial charge < -0.3 is 10.4 Å². The molecule has 0 heterocycles. The molecular formula is C10H10BrClF3NO. The SMILES string of the molecule is CC(CO)(Nc1ccc(Cl)c(Br)c1)C(F)(F)F. The second-order valence-electron chi connectivity index (χ2n) is 3.74. The van der Waals surface area contributed by atoms with Gasteiger partial charge in [0.05, 0.1) is 11.6 Å². The maximum absolute atomic E-state index is 12.7. The van der Waals surface area contributed by atoms with E-state index in [9.17, 15) is 13.2 Å². The minimum absolute atomic E-state index is 0.218. The summed E-state index contributed by atoms with van der Waals surface area (Å²) in [6.07, 6.45) is -4.56. The molecule has 7 heteroatoms. The molecule has 0 aliphatic carbocycles. The fourth-order valence-electron chi connectivity index (χ4n) is 1.09. The second-order valence-corrected chi connectivity index (χ2v) is 5.00. The third kappa shape index (κ3) is 3.26. The second kappa shape index (κ2) is 5.04. The van der Waals surface area contributed by atoms with Crippen LogP contribution in [0.1, 0.15) is 6.92 Å². The van der Waals surface area contributed by atoms with E-state index in [0.29, 0.717) is 9.50 Å². The summed E-state index contributed by atoms with van der Waals surface area (Å²) in [5, 5.41) is 11.5. The number of aliphatic hydroxyl groups is 1. The number of alkyl halides is 3. The van der Waals surface area contributed by atoms with Crippen molar-refractivity contribution in [3.8, 4) is 0 Å². The molecule has 17 heavy (non-hydrogen) atoms. The van der Waals surface area contributed by atoms with Crippen LogP contribution in [0.25, 0.3) is 0 Å². The molecule has 0 aliphatic rings. The molecule has 2 nitrogen and oxygen atoms in total. The smallest absolute Gasteiger partial charge is 0.394 e. The first kappa shape index (κ1) is 14.6. The van der Waals surface area contributed by atoms with Gasteiger partial charge in [0.1, 0.15) is 0 Å². The van der Waals surface area contributed by atoms with Gasteiger partial charge in [-0.25, -0.2) is 0 Å². The average Bonchev–Trinajstić information content (AvgIpc) is 2.22. The summed E-state index contributed by atoms with van der Waals surface area (Å²) in [7, 11) is 0. The Kier molecular flexibility index (Phi) is 4.33. The number of hydrogen-bond donors (Lipinski definition) is 2. The Labute approximate surface area is 110 Å². The zero-order valence-corrected chi connectivity index (χ0v) is 11.1. The van der Waals surface area contributed by atoms with E-state index < -0.39 is 18.3 Å². The zero-order chi connectivity index (χ0) is 13.3. The number of aliphatic hydroxyl groups excluding tert-OH is 1. The normalized spacial score (nSPS) is 15.5. The molecule has 0 saturated carbocycles. The minimum atomic E-state index is -4.56. The van der Waals surface area contributed by atoms with E-state index in [-0.39, 0.29) is 5.69 Å². The van der Waals surface area contributed by atoms with Crippen molar-refractivity contribution in [3.63, 3.8) is 0 Å². The first-order valence-corrected chi connectivity index (χ1v) is 5.77. The Hall–Kier alpha value is -0.460. The van der Waals surface area contributed by atoms with Gasteiger partial charge in [-0.05, 0) is 41.1 Å². The standard InChI is InChI=1S/C10H10BrClF3NO/c1-9(5-17,10(13,14)15)16-6-2-3-8(12)7(11)4-6/h2-4,16-17H,5H2,1H3. The molecule has 1 aromatic rings. The fraction of sp³-hybridized carbons (Fsp3) is 0.400. The first-order valence-electron chi connectivity index (χ1n) is 4.60. The van der Waals surface area contributed by atoms with Crippen molar-refractivity contribution in [1.82, 2.24) is 0 Å². The van der Waals surface area contributed by atoms with Crippen molar-refractivity contribution in [2.75, 3.05) is 11.9 Å². The molecule has 1 atom stereocenters. The van der Waals surface area contributed by atoms with Gasteiger partial charge in [-0.15, -0.1) is 0 Å². The average molecular weight is 333 g/mol. The fourth-order valence-corrected chi connectivity index (χ4v) is 1.59. The number of hydrogen-bond acceptors (Lipinski definition) is 2. The summed E-state index contributed by atoms with van der Waals surface area (Å²) in [6, 6.07) is 4.29. The third-order valence-electron chi connectivity index (χ3n) is 2.28. The molecule has 0 aromatic heterocycles. The highest BCUT2D eigenvalue weighted by Gasteiger charge is 2.50. The van der Waals surface area contributed by atoms with Crippen molar-refractivity contribution >= 4 is 33.2 Å². The van der Waals surface area contributed by atoms with E-state index in [2.05, 4.69) is 21.2 Å². The van der Waals surface area contributed by atoms with Crippen LogP contribution in [0.3, 0.4) is 0 Å². The van der Waals surface area contributed by atoms with Crippen LogP contribution in [0.15, 0.2) is 22.7 Å². The lowest BCUT2D eigenvalue weighted by molar-refractivity contribution is -0.182. The highest BCUT2D eigenvalue weighted by molar-refractivity contribution is 9.10. The number of anilines is 1. The molecule has 1 unspecified atom stereocenters. The predicted octanol–water partition coefficient (Wildman–Crippen LogP) is 3.83. The minimum Gasteiger partial charge on any atom is -0.394 e.